The van der Waals surface area contributed by atoms with Crippen molar-refractivity contribution in [1.29, 1.82) is 0 Å². The zero-order valence-corrected chi connectivity index (χ0v) is 17.4. The van der Waals surface area contributed by atoms with Crippen molar-refractivity contribution in [2.75, 3.05) is 18.0 Å². The molecule has 6 heteroatoms. The van der Waals surface area contributed by atoms with Gasteiger partial charge in [0.1, 0.15) is 5.70 Å². The molecule has 2 amide bonds. The first-order valence-electron chi connectivity index (χ1n) is 9.50. The Morgan fingerprint density at radius 2 is 1.64 bits per heavy atom. The molecule has 1 fully saturated rings. The number of carbonyl (C=O) groups excluding carboxylic acids is 2. The third-order valence-electron chi connectivity index (χ3n) is 5.03. The second-order valence-electron chi connectivity index (χ2n) is 7.65. The minimum atomic E-state index is -0.251. The standard InChI is InChI=1S/C22H24N2O3S/c1-13-8-14(2)10-17(9-13)24-21(25)19(18-6-5-7-28-18)20(22(24)26)23-11-15(3)27-16(4)12-23/h5-10,15-16H,11-12H2,1-4H3. The van der Waals surface area contributed by atoms with Crippen LogP contribution in [-0.2, 0) is 14.3 Å². The highest BCUT2D eigenvalue weighted by Gasteiger charge is 2.44. The minimum Gasteiger partial charge on any atom is -0.372 e. The molecule has 5 nitrogen and oxygen atoms in total. The maximum Gasteiger partial charge on any atom is 0.282 e. The van der Waals surface area contributed by atoms with E-state index in [1.54, 1.807) is 0 Å². The van der Waals surface area contributed by atoms with E-state index in [4.69, 9.17) is 4.74 Å². The number of hydrogen-bond donors (Lipinski definition) is 0. The summed E-state index contributed by atoms with van der Waals surface area (Å²) < 4.78 is 5.84. The van der Waals surface area contributed by atoms with Gasteiger partial charge in [-0.15, -0.1) is 11.3 Å². The Kier molecular flexibility index (Phi) is 4.85. The molecule has 2 aromatic rings. The summed E-state index contributed by atoms with van der Waals surface area (Å²) in [5, 5.41) is 1.93. The summed E-state index contributed by atoms with van der Waals surface area (Å²) in [5.41, 5.74) is 3.67. The van der Waals surface area contributed by atoms with E-state index >= 15 is 0 Å². The van der Waals surface area contributed by atoms with Crippen molar-refractivity contribution in [2.45, 2.75) is 39.9 Å². The van der Waals surface area contributed by atoms with Gasteiger partial charge in [-0.1, -0.05) is 12.1 Å². The topological polar surface area (TPSA) is 49.9 Å². The number of benzene rings is 1. The van der Waals surface area contributed by atoms with Crippen molar-refractivity contribution in [3.05, 3.63) is 57.4 Å². The summed E-state index contributed by atoms with van der Waals surface area (Å²) in [4.78, 5) is 31.2. The van der Waals surface area contributed by atoms with Crippen LogP contribution >= 0.6 is 11.3 Å². The van der Waals surface area contributed by atoms with Crippen molar-refractivity contribution < 1.29 is 14.3 Å². The Labute approximate surface area is 169 Å². The molecule has 2 aliphatic heterocycles. The lowest BCUT2D eigenvalue weighted by atomic mass is 10.1. The van der Waals surface area contributed by atoms with E-state index in [0.717, 1.165) is 16.0 Å². The maximum absolute atomic E-state index is 13.5. The molecule has 1 saturated heterocycles. The molecule has 0 bridgehead atoms. The van der Waals surface area contributed by atoms with Gasteiger partial charge in [0.25, 0.3) is 11.8 Å². The summed E-state index contributed by atoms with van der Waals surface area (Å²) in [5.74, 6) is -0.501. The molecule has 4 rings (SSSR count). The van der Waals surface area contributed by atoms with Crippen LogP contribution in [0.4, 0.5) is 5.69 Å². The van der Waals surface area contributed by atoms with Crippen LogP contribution in [0.5, 0.6) is 0 Å². The van der Waals surface area contributed by atoms with Crippen LogP contribution in [0.2, 0.25) is 0 Å². The van der Waals surface area contributed by atoms with Gasteiger partial charge in [-0.25, -0.2) is 4.90 Å². The molecule has 1 aromatic heterocycles. The summed E-state index contributed by atoms with van der Waals surface area (Å²) in [7, 11) is 0. The van der Waals surface area contributed by atoms with Gasteiger partial charge < -0.3 is 9.64 Å². The van der Waals surface area contributed by atoms with Gasteiger partial charge in [0, 0.05) is 18.0 Å². The molecule has 0 aliphatic carbocycles. The molecule has 0 radical (unpaired) electrons. The Balaban J connectivity index is 1.82. The fourth-order valence-corrected chi connectivity index (χ4v) is 4.89. The number of nitrogens with zero attached hydrogens (tertiary/aromatic N) is 2. The molecule has 0 saturated carbocycles. The van der Waals surface area contributed by atoms with E-state index in [0.29, 0.717) is 30.0 Å². The van der Waals surface area contributed by atoms with Crippen LogP contribution in [0.25, 0.3) is 5.57 Å². The highest BCUT2D eigenvalue weighted by Crippen LogP contribution is 2.37. The lowest BCUT2D eigenvalue weighted by molar-refractivity contribution is -0.121. The Bertz CT molecular complexity index is 934. The summed E-state index contributed by atoms with van der Waals surface area (Å²) >= 11 is 1.48. The molecule has 1 aromatic carbocycles. The average Bonchev–Trinajstić information content (AvgIpc) is 3.19. The third-order valence-corrected chi connectivity index (χ3v) is 5.91. The van der Waals surface area contributed by atoms with E-state index in [1.165, 1.54) is 16.2 Å². The average molecular weight is 397 g/mol. The first-order valence-corrected chi connectivity index (χ1v) is 10.4. The largest absolute Gasteiger partial charge is 0.372 e. The van der Waals surface area contributed by atoms with Crippen LogP contribution in [0.1, 0.15) is 29.9 Å². The van der Waals surface area contributed by atoms with E-state index in [9.17, 15) is 9.59 Å². The van der Waals surface area contributed by atoms with Crippen LogP contribution in [0, 0.1) is 13.8 Å². The summed E-state index contributed by atoms with van der Waals surface area (Å²) in [6.45, 7) is 9.12. The number of hydrogen-bond acceptors (Lipinski definition) is 5. The number of thiophene rings is 1. The monoisotopic (exact) mass is 396 g/mol. The van der Waals surface area contributed by atoms with E-state index < -0.39 is 0 Å². The molecule has 2 atom stereocenters. The number of morpholine rings is 1. The van der Waals surface area contributed by atoms with Crippen molar-refractivity contribution in [3.63, 3.8) is 0 Å². The number of anilines is 1. The number of rotatable bonds is 3. The third kappa shape index (κ3) is 3.27. The predicted octanol–water partition coefficient (Wildman–Crippen LogP) is 3.76. The van der Waals surface area contributed by atoms with Crippen LogP contribution in [0.3, 0.4) is 0 Å². The second-order valence-corrected chi connectivity index (χ2v) is 8.60. The summed E-state index contributed by atoms with van der Waals surface area (Å²) in [6, 6.07) is 9.63. The van der Waals surface area contributed by atoms with Gasteiger partial charge >= 0.3 is 0 Å². The number of amides is 2. The Morgan fingerprint density at radius 3 is 2.21 bits per heavy atom. The van der Waals surface area contributed by atoms with Crippen LogP contribution in [0.15, 0.2) is 41.4 Å². The highest BCUT2D eigenvalue weighted by molar-refractivity contribution is 7.11. The van der Waals surface area contributed by atoms with Crippen molar-refractivity contribution in [3.8, 4) is 0 Å². The molecule has 0 N–H and O–H groups in total. The zero-order valence-electron chi connectivity index (χ0n) is 16.6. The molecule has 3 heterocycles. The molecule has 28 heavy (non-hydrogen) atoms. The number of ether oxygens (including phenoxy) is 1. The fraction of sp³-hybridized carbons (Fsp3) is 0.364. The number of aryl methyl sites for hydroxylation is 2. The predicted molar refractivity (Wildman–Crippen MR) is 111 cm³/mol. The maximum atomic E-state index is 13.5. The molecule has 0 spiro atoms. The van der Waals surface area contributed by atoms with E-state index in [2.05, 4.69) is 0 Å². The fourth-order valence-electron chi connectivity index (χ4n) is 4.13. The van der Waals surface area contributed by atoms with E-state index in [1.807, 2.05) is 68.3 Å². The first-order chi connectivity index (χ1) is 13.3. The van der Waals surface area contributed by atoms with Crippen molar-refractivity contribution in [2.24, 2.45) is 0 Å². The SMILES string of the molecule is Cc1cc(C)cc(N2C(=O)C(c3cccs3)=C(N3CC(C)OC(C)C3)C2=O)c1. The zero-order chi connectivity index (χ0) is 20.0. The minimum absolute atomic E-state index is 0.000924. The number of imide groups is 1. The van der Waals surface area contributed by atoms with Gasteiger partial charge in [-0.05, 0) is 62.4 Å². The normalized spacial score (nSPS) is 23.1. The van der Waals surface area contributed by atoms with Gasteiger partial charge in [-0.2, -0.15) is 0 Å². The Morgan fingerprint density at radius 1 is 1.00 bits per heavy atom. The Hall–Kier alpha value is -2.44. The second kappa shape index (κ2) is 7.18. The smallest absolute Gasteiger partial charge is 0.282 e. The van der Waals surface area contributed by atoms with Gasteiger partial charge in [-0.3, -0.25) is 9.59 Å². The van der Waals surface area contributed by atoms with Gasteiger partial charge in [0.05, 0.1) is 23.5 Å². The van der Waals surface area contributed by atoms with Crippen LogP contribution in [-0.4, -0.2) is 42.0 Å². The molecular weight excluding hydrogens is 372 g/mol. The van der Waals surface area contributed by atoms with Gasteiger partial charge in [0.2, 0.25) is 0 Å². The van der Waals surface area contributed by atoms with Crippen molar-refractivity contribution >= 4 is 34.4 Å². The van der Waals surface area contributed by atoms with Crippen molar-refractivity contribution in [1.82, 2.24) is 4.90 Å². The molecule has 2 unspecified atom stereocenters. The lowest BCUT2D eigenvalue weighted by Crippen LogP contribution is -2.47. The lowest BCUT2D eigenvalue weighted by Gasteiger charge is -2.37. The van der Waals surface area contributed by atoms with E-state index in [-0.39, 0.29) is 24.0 Å². The summed E-state index contributed by atoms with van der Waals surface area (Å²) in [6.07, 6.45) is -0.00185. The first kappa shape index (κ1) is 18.9. The van der Waals surface area contributed by atoms with Crippen LogP contribution < -0.4 is 4.90 Å². The van der Waals surface area contributed by atoms with Gasteiger partial charge in [0.15, 0.2) is 0 Å². The highest BCUT2D eigenvalue weighted by atomic mass is 32.1. The molecule has 2 aliphatic rings. The molecular formula is C22H24N2O3S. The quantitative estimate of drug-likeness (QED) is 0.742. The molecule has 146 valence electrons. The number of carbonyl (C=O) groups is 2.